The van der Waals surface area contributed by atoms with E-state index in [1.807, 2.05) is 0 Å². The highest BCUT2D eigenvalue weighted by atomic mass is 14.4. The van der Waals surface area contributed by atoms with Crippen molar-refractivity contribution >= 4 is 0 Å². The highest BCUT2D eigenvalue weighted by Crippen LogP contribution is 2.43. The molecule has 1 aliphatic rings. The molecule has 0 spiro atoms. The fraction of sp³-hybridized carbons (Fsp3) is 0.846. The second-order valence-electron chi connectivity index (χ2n) is 4.79. The molecule has 0 N–H and O–H groups in total. The van der Waals surface area contributed by atoms with Gasteiger partial charge in [-0.3, -0.25) is 0 Å². The van der Waals surface area contributed by atoms with Crippen LogP contribution in [0.4, 0.5) is 0 Å². The van der Waals surface area contributed by atoms with Crippen LogP contribution in [-0.2, 0) is 0 Å². The lowest BCUT2D eigenvalue weighted by Crippen LogP contribution is -2.28. The largest absolute Gasteiger partial charge is 0.0811 e. The lowest BCUT2D eigenvalue weighted by Gasteiger charge is -2.39. The SMILES string of the molecule is CCC1C=C(C(CC)C(C)C)C1C. The first-order chi connectivity index (χ1) is 6.11. The molecule has 0 fully saturated rings. The van der Waals surface area contributed by atoms with E-state index in [9.17, 15) is 0 Å². The Labute approximate surface area is 83.4 Å². The van der Waals surface area contributed by atoms with Gasteiger partial charge in [-0.15, -0.1) is 0 Å². The van der Waals surface area contributed by atoms with Gasteiger partial charge in [0.05, 0.1) is 0 Å². The first-order valence-electron chi connectivity index (χ1n) is 5.83. The molecule has 0 heteroatoms. The summed E-state index contributed by atoms with van der Waals surface area (Å²) in [5.41, 5.74) is 1.74. The maximum Gasteiger partial charge on any atom is -0.0166 e. The summed E-state index contributed by atoms with van der Waals surface area (Å²) in [5.74, 6) is 3.40. The van der Waals surface area contributed by atoms with E-state index in [0.717, 1.165) is 23.7 Å². The fourth-order valence-corrected chi connectivity index (χ4v) is 2.70. The molecular weight excluding hydrogens is 156 g/mol. The van der Waals surface area contributed by atoms with Gasteiger partial charge in [-0.2, -0.15) is 0 Å². The molecule has 0 aliphatic heterocycles. The molecule has 3 unspecified atom stereocenters. The average molecular weight is 180 g/mol. The van der Waals surface area contributed by atoms with Crippen LogP contribution in [0.25, 0.3) is 0 Å². The van der Waals surface area contributed by atoms with E-state index in [4.69, 9.17) is 0 Å². The van der Waals surface area contributed by atoms with Crippen molar-refractivity contribution in [3.05, 3.63) is 11.6 Å². The van der Waals surface area contributed by atoms with E-state index in [1.54, 1.807) is 5.57 Å². The monoisotopic (exact) mass is 180 g/mol. The zero-order chi connectivity index (χ0) is 10.0. The first-order valence-corrected chi connectivity index (χ1v) is 5.83. The van der Waals surface area contributed by atoms with E-state index in [2.05, 4.69) is 40.7 Å². The summed E-state index contributed by atoms with van der Waals surface area (Å²) >= 11 is 0. The highest BCUT2D eigenvalue weighted by Gasteiger charge is 2.32. The molecule has 0 aromatic heterocycles. The van der Waals surface area contributed by atoms with Crippen molar-refractivity contribution in [3.8, 4) is 0 Å². The Kier molecular flexibility index (Phi) is 3.58. The number of allylic oxidation sites excluding steroid dienone is 2. The summed E-state index contributed by atoms with van der Waals surface area (Å²) in [7, 11) is 0. The Bertz CT molecular complexity index is 188. The molecule has 1 rings (SSSR count). The number of hydrogen-bond acceptors (Lipinski definition) is 0. The van der Waals surface area contributed by atoms with Crippen LogP contribution in [0.5, 0.6) is 0 Å². The predicted molar refractivity (Wildman–Crippen MR) is 59.6 cm³/mol. The Balaban J connectivity index is 2.63. The second-order valence-corrected chi connectivity index (χ2v) is 4.79. The molecule has 76 valence electrons. The lowest BCUT2D eigenvalue weighted by molar-refractivity contribution is 0.311. The highest BCUT2D eigenvalue weighted by molar-refractivity contribution is 5.24. The molecule has 0 heterocycles. The topological polar surface area (TPSA) is 0 Å². The summed E-state index contributed by atoms with van der Waals surface area (Å²) in [6, 6.07) is 0. The van der Waals surface area contributed by atoms with Gasteiger partial charge in [0.25, 0.3) is 0 Å². The van der Waals surface area contributed by atoms with Gasteiger partial charge in [0.1, 0.15) is 0 Å². The molecule has 0 nitrogen and oxygen atoms in total. The van der Waals surface area contributed by atoms with Crippen molar-refractivity contribution in [3.63, 3.8) is 0 Å². The molecule has 1 aliphatic carbocycles. The zero-order valence-electron chi connectivity index (χ0n) is 9.80. The Morgan fingerprint density at radius 2 is 1.92 bits per heavy atom. The maximum absolute atomic E-state index is 2.53. The van der Waals surface area contributed by atoms with Crippen LogP contribution >= 0.6 is 0 Å². The van der Waals surface area contributed by atoms with Crippen LogP contribution in [-0.4, -0.2) is 0 Å². The molecule has 0 bridgehead atoms. The molecular formula is C13H24. The van der Waals surface area contributed by atoms with Crippen LogP contribution in [0.1, 0.15) is 47.5 Å². The molecule has 13 heavy (non-hydrogen) atoms. The van der Waals surface area contributed by atoms with E-state index in [0.29, 0.717) is 0 Å². The predicted octanol–water partition coefficient (Wildman–Crippen LogP) is 4.27. The van der Waals surface area contributed by atoms with Gasteiger partial charge in [0.15, 0.2) is 0 Å². The normalized spacial score (nSPS) is 29.8. The van der Waals surface area contributed by atoms with Gasteiger partial charge >= 0.3 is 0 Å². The molecule has 0 saturated carbocycles. The van der Waals surface area contributed by atoms with Gasteiger partial charge in [-0.25, -0.2) is 0 Å². The smallest absolute Gasteiger partial charge is 0.0166 e. The Hall–Kier alpha value is -0.260. The third-order valence-electron chi connectivity index (χ3n) is 3.72. The van der Waals surface area contributed by atoms with Gasteiger partial charge in [-0.05, 0) is 36.5 Å². The molecule has 0 aromatic rings. The lowest BCUT2D eigenvalue weighted by atomic mass is 9.66. The number of rotatable bonds is 4. The summed E-state index contributed by atoms with van der Waals surface area (Å²) in [4.78, 5) is 0. The van der Waals surface area contributed by atoms with E-state index in [1.165, 1.54) is 12.8 Å². The minimum atomic E-state index is 0.816. The van der Waals surface area contributed by atoms with E-state index >= 15 is 0 Å². The molecule has 3 atom stereocenters. The average Bonchev–Trinajstić information content (AvgIpc) is 2.10. The van der Waals surface area contributed by atoms with Gasteiger partial charge in [0.2, 0.25) is 0 Å². The molecule has 0 amide bonds. The molecule has 0 radical (unpaired) electrons. The summed E-state index contributed by atoms with van der Waals surface area (Å²) in [6.45, 7) is 11.7. The fourth-order valence-electron chi connectivity index (χ4n) is 2.70. The first kappa shape index (κ1) is 10.8. The second kappa shape index (κ2) is 4.30. The van der Waals surface area contributed by atoms with Crippen LogP contribution in [0.2, 0.25) is 0 Å². The van der Waals surface area contributed by atoms with Gasteiger partial charge < -0.3 is 0 Å². The zero-order valence-corrected chi connectivity index (χ0v) is 9.80. The summed E-state index contributed by atoms with van der Waals surface area (Å²) in [5, 5.41) is 0. The van der Waals surface area contributed by atoms with Crippen LogP contribution in [0, 0.1) is 23.7 Å². The van der Waals surface area contributed by atoms with Crippen molar-refractivity contribution < 1.29 is 0 Å². The standard InChI is InChI=1S/C13H24/c1-6-11-8-13(10(11)5)12(7-2)9(3)4/h8-12H,6-7H2,1-5H3. The van der Waals surface area contributed by atoms with Crippen molar-refractivity contribution in [2.24, 2.45) is 23.7 Å². The quantitative estimate of drug-likeness (QED) is 0.567. The van der Waals surface area contributed by atoms with Crippen molar-refractivity contribution in [2.45, 2.75) is 47.5 Å². The maximum atomic E-state index is 2.53. The van der Waals surface area contributed by atoms with Gasteiger partial charge in [-0.1, -0.05) is 46.3 Å². The van der Waals surface area contributed by atoms with E-state index < -0.39 is 0 Å². The van der Waals surface area contributed by atoms with Gasteiger partial charge in [0, 0.05) is 0 Å². The third kappa shape index (κ3) is 1.98. The van der Waals surface area contributed by atoms with Crippen molar-refractivity contribution in [2.75, 3.05) is 0 Å². The van der Waals surface area contributed by atoms with Crippen LogP contribution in [0.15, 0.2) is 11.6 Å². The van der Waals surface area contributed by atoms with E-state index in [-0.39, 0.29) is 0 Å². The third-order valence-corrected chi connectivity index (χ3v) is 3.72. The summed E-state index contributed by atoms with van der Waals surface area (Å²) < 4.78 is 0. The van der Waals surface area contributed by atoms with Crippen molar-refractivity contribution in [1.82, 2.24) is 0 Å². The Morgan fingerprint density at radius 1 is 1.31 bits per heavy atom. The van der Waals surface area contributed by atoms with Crippen molar-refractivity contribution in [1.29, 1.82) is 0 Å². The Morgan fingerprint density at radius 3 is 2.23 bits per heavy atom. The molecule has 0 saturated heterocycles. The van der Waals surface area contributed by atoms with Crippen LogP contribution in [0.3, 0.4) is 0 Å². The number of hydrogen-bond donors (Lipinski definition) is 0. The summed E-state index contributed by atoms with van der Waals surface area (Å²) in [6.07, 6.45) is 5.16. The molecule has 0 aromatic carbocycles. The van der Waals surface area contributed by atoms with Crippen LogP contribution < -0.4 is 0 Å². The minimum Gasteiger partial charge on any atom is -0.0811 e. The minimum absolute atomic E-state index is 0.816.